The number of alkyl halides is 3. The van der Waals surface area contributed by atoms with Gasteiger partial charge in [-0.3, -0.25) is 9.59 Å². The molecule has 0 bridgehead atoms. The van der Waals surface area contributed by atoms with E-state index in [-0.39, 0.29) is 35.9 Å². The van der Waals surface area contributed by atoms with Crippen LogP contribution in [0.2, 0.25) is 0 Å². The summed E-state index contributed by atoms with van der Waals surface area (Å²) in [5.74, 6) is -0.797. The molecule has 1 aliphatic heterocycles. The lowest BCUT2D eigenvalue weighted by atomic mass is 9.76. The van der Waals surface area contributed by atoms with E-state index in [2.05, 4.69) is 0 Å². The van der Waals surface area contributed by atoms with Gasteiger partial charge in [-0.25, -0.2) is 0 Å². The number of aryl methyl sites for hydroxylation is 1. The Balaban J connectivity index is 1.79. The molecule has 1 unspecified atom stereocenters. The van der Waals surface area contributed by atoms with E-state index in [9.17, 15) is 27.9 Å². The molecule has 2 fully saturated rings. The van der Waals surface area contributed by atoms with Gasteiger partial charge in [0.05, 0.1) is 6.42 Å². The van der Waals surface area contributed by atoms with Crippen molar-refractivity contribution in [2.24, 2.45) is 5.92 Å². The third-order valence-corrected chi connectivity index (χ3v) is 5.53. The number of aromatic hydroxyl groups is 1. The number of Topliss-reactive ketones (excluding diaryl/α,β-unsaturated/α-hetero) is 1. The number of rotatable bonds is 5. The number of halogens is 3. The Labute approximate surface area is 155 Å². The van der Waals surface area contributed by atoms with Gasteiger partial charge in [-0.2, -0.15) is 13.2 Å². The van der Waals surface area contributed by atoms with Gasteiger partial charge in [-0.05, 0) is 54.9 Å². The summed E-state index contributed by atoms with van der Waals surface area (Å²) in [5, 5.41) is 9.78. The van der Waals surface area contributed by atoms with E-state index in [0.717, 1.165) is 31.7 Å². The molecule has 2 aliphatic rings. The van der Waals surface area contributed by atoms with Gasteiger partial charge >= 0.3 is 12.1 Å². The maximum absolute atomic E-state index is 12.7. The van der Waals surface area contributed by atoms with Crippen molar-refractivity contribution >= 4 is 11.8 Å². The Morgan fingerprint density at radius 3 is 2.41 bits per heavy atom. The first-order valence-electron chi connectivity index (χ1n) is 9.27. The minimum atomic E-state index is -4.36. The van der Waals surface area contributed by atoms with E-state index in [1.54, 1.807) is 0 Å². The number of cyclic esters (lactones) is 1. The number of phenolic OH excluding ortho intramolecular Hbond substituents is 1. The maximum Gasteiger partial charge on any atom is 0.393 e. The number of esters is 1. The van der Waals surface area contributed by atoms with Crippen LogP contribution in [0.4, 0.5) is 13.2 Å². The highest BCUT2D eigenvalue weighted by atomic mass is 19.4. The summed E-state index contributed by atoms with van der Waals surface area (Å²) in [6, 6.07) is 3.95. The van der Waals surface area contributed by atoms with Crippen LogP contribution in [0, 0.1) is 5.92 Å². The van der Waals surface area contributed by atoms with Gasteiger partial charge in [0.25, 0.3) is 0 Å². The molecule has 7 heteroatoms. The van der Waals surface area contributed by atoms with E-state index in [4.69, 9.17) is 4.74 Å². The Morgan fingerprint density at radius 1 is 1.11 bits per heavy atom. The molecule has 1 aromatic rings. The molecule has 148 valence electrons. The summed E-state index contributed by atoms with van der Waals surface area (Å²) in [4.78, 5) is 24.0. The maximum atomic E-state index is 12.7. The molecule has 0 amide bonds. The quantitative estimate of drug-likeness (QED) is 0.608. The number of ether oxygens (including phenoxy) is 1. The molecule has 1 heterocycles. The smallest absolute Gasteiger partial charge is 0.393 e. The fourth-order valence-electron chi connectivity index (χ4n) is 4.46. The summed E-state index contributed by atoms with van der Waals surface area (Å²) in [6.07, 6.45) is -1.05. The van der Waals surface area contributed by atoms with E-state index in [0.29, 0.717) is 18.4 Å². The molecule has 1 N–H and O–H groups in total. The second-order valence-corrected chi connectivity index (χ2v) is 7.71. The summed E-state index contributed by atoms with van der Waals surface area (Å²) in [5.41, 5.74) is -0.344. The number of benzene rings is 1. The van der Waals surface area contributed by atoms with Crippen molar-refractivity contribution in [1.82, 2.24) is 0 Å². The molecule has 0 radical (unpaired) electrons. The molecule has 27 heavy (non-hydrogen) atoms. The minimum absolute atomic E-state index is 0.0101. The third-order valence-electron chi connectivity index (χ3n) is 5.53. The summed E-state index contributed by atoms with van der Waals surface area (Å²) < 4.78 is 43.7. The fraction of sp³-hybridized carbons (Fsp3) is 0.600. The molecular weight excluding hydrogens is 361 g/mol. The highest BCUT2D eigenvalue weighted by molar-refractivity contribution is 5.98. The van der Waals surface area contributed by atoms with Crippen molar-refractivity contribution in [3.63, 3.8) is 0 Å². The number of phenols is 1. The van der Waals surface area contributed by atoms with Crippen molar-refractivity contribution < 1.29 is 32.6 Å². The minimum Gasteiger partial charge on any atom is -0.508 e. The molecule has 1 atom stereocenters. The fourth-order valence-corrected chi connectivity index (χ4v) is 4.46. The average molecular weight is 384 g/mol. The normalized spacial score (nSPS) is 24.3. The summed E-state index contributed by atoms with van der Waals surface area (Å²) >= 11 is 0. The van der Waals surface area contributed by atoms with Gasteiger partial charge < -0.3 is 9.84 Å². The lowest BCUT2D eigenvalue weighted by Gasteiger charge is -2.41. The third kappa shape index (κ3) is 5.02. The monoisotopic (exact) mass is 384 g/mol. The standard InChI is InChI=1S/C20H23F3O4/c21-20(22,23)11-14-7-13(8-16(24)9-14)5-6-19(15-3-1-2-4-15)12-17(25)10-18(26)27-19/h7-9,15,24H,1-6,10-12H2. The van der Waals surface area contributed by atoms with Crippen LogP contribution in [0.15, 0.2) is 18.2 Å². The van der Waals surface area contributed by atoms with Gasteiger partial charge in [0.1, 0.15) is 23.6 Å². The second kappa shape index (κ2) is 7.52. The van der Waals surface area contributed by atoms with Gasteiger partial charge in [0.2, 0.25) is 0 Å². The molecular formula is C20H23F3O4. The number of hydrogen-bond donors (Lipinski definition) is 1. The highest BCUT2D eigenvalue weighted by Gasteiger charge is 2.47. The zero-order valence-electron chi connectivity index (χ0n) is 15.0. The molecule has 0 spiro atoms. The van der Waals surface area contributed by atoms with Crippen LogP contribution in [-0.2, 0) is 27.2 Å². The number of carbonyl (C=O) groups excluding carboxylic acids is 2. The summed E-state index contributed by atoms with van der Waals surface area (Å²) in [6.45, 7) is 0. The van der Waals surface area contributed by atoms with Crippen molar-refractivity contribution in [1.29, 1.82) is 0 Å². The first-order valence-corrected chi connectivity index (χ1v) is 9.27. The Bertz CT molecular complexity index is 704. The van der Waals surface area contributed by atoms with Crippen LogP contribution >= 0.6 is 0 Å². The first-order chi connectivity index (χ1) is 12.7. The largest absolute Gasteiger partial charge is 0.508 e. The van der Waals surface area contributed by atoms with Crippen LogP contribution in [0.1, 0.15) is 56.1 Å². The first kappa shape index (κ1) is 19.7. The number of carbonyl (C=O) groups is 2. The molecule has 4 nitrogen and oxygen atoms in total. The van der Waals surface area contributed by atoms with Crippen molar-refractivity contribution in [2.45, 2.75) is 69.6 Å². The van der Waals surface area contributed by atoms with Crippen LogP contribution in [0.25, 0.3) is 0 Å². The van der Waals surface area contributed by atoms with Crippen molar-refractivity contribution in [3.8, 4) is 5.75 Å². The molecule has 3 rings (SSSR count). The van der Waals surface area contributed by atoms with E-state index < -0.39 is 24.2 Å². The van der Waals surface area contributed by atoms with Gasteiger partial charge in [0, 0.05) is 6.42 Å². The molecule has 1 saturated carbocycles. The lowest BCUT2D eigenvalue weighted by molar-refractivity contribution is -0.178. The zero-order valence-corrected chi connectivity index (χ0v) is 15.0. The number of hydrogen-bond acceptors (Lipinski definition) is 4. The molecule has 1 aromatic carbocycles. The van der Waals surface area contributed by atoms with Gasteiger partial charge in [0.15, 0.2) is 0 Å². The van der Waals surface area contributed by atoms with Gasteiger partial charge in [-0.1, -0.05) is 18.9 Å². The summed E-state index contributed by atoms with van der Waals surface area (Å²) in [7, 11) is 0. The van der Waals surface area contributed by atoms with Crippen molar-refractivity contribution in [3.05, 3.63) is 29.3 Å². The Hall–Kier alpha value is -2.05. The van der Waals surface area contributed by atoms with Crippen molar-refractivity contribution in [2.75, 3.05) is 0 Å². The van der Waals surface area contributed by atoms with E-state index in [1.807, 2.05) is 0 Å². The molecule has 1 saturated heterocycles. The van der Waals surface area contributed by atoms with E-state index in [1.165, 1.54) is 12.1 Å². The topological polar surface area (TPSA) is 63.6 Å². The Morgan fingerprint density at radius 2 is 1.78 bits per heavy atom. The van der Waals surface area contributed by atoms with Crippen LogP contribution < -0.4 is 0 Å². The predicted molar refractivity (Wildman–Crippen MR) is 91.2 cm³/mol. The van der Waals surface area contributed by atoms with E-state index >= 15 is 0 Å². The SMILES string of the molecule is O=C1CC(=O)OC(CCc2cc(O)cc(CC(F)(F)F)c2)(C2CCCC2)C1. The zero-order chi connectivity index (χ0) is 19.7. The number of ketones is 1. The predicted octanol–water partition coefficient (Wildman–Crippen LogP) is 4.26. The van der Waals surface area contributed by atoms with Gasteiger partial charge in [-0.15, -0.1) is 0 Å². The lowest BCUT2D eigenvalue weighted by Crippen LogP contribution is -2.48. The van der Waals surface area contributed by atoms with Crippen LogP contribution in [-0.4, -0.2) is 28.6 Å². The Kier molecular flexibility index (Phi) is 5.49. The van der Waals surface area contributed by atoms with Crippen LogP contribution in [0.3, 0.4) is 0 Å². The second-order valence-electron chi connectivity index (χ2n) is 7.71. The highest BCUT2D eigenvalue weighted by Crippen LogP contribution is 2.44. The average Bonchev–Trinajstić information content (AvgIpc) is 3.05. The molecule has 1 aliphatic carbocycles. The van der Waals surface area contributed by atoms with Crippen LogP contribution in [0.5, 0.6) is 5.75 Å². The molecule has 0 aromatic heterocycles.